The van der Waals surface area contributed by atoms with Crippen molar-refractivity contribution in [2.45, 2.75) is 39.0 Å². The summed E-state index contributed by atoms with van der Waals surface area (Å²) in [5.41, 5.74) is 0. The Morgan fingerprint density at radius 2 is 2.00 bits per heavy atom. The van der Waals surface area contributed by atoms with E-state index in [4.69, 9.17) is 0 Å². The molecule has 0 fully saturated rings. The van der Waals surface area contributed by atoms with Crippen molar-refractivity contribution >= 4 is 10.1 Å². The second-order valence-corrected chi connectivity index (χ2v) is 4.16. The van der Waals surface area contributed by atoms with Crippen molar-refractivity contribution in [3.8, 4) is 0 Å². The van der Waals surface area contributed by atoms with Gasteiger partial charge in [0, 0.05) is 0 Å². The molecule has 0 bridgehead atoms. The number of unbranched alkanes of at least 4 members (excludes halogenated alkanes) is 4. The highest BCUT2D eigenvalue weighted by molar-refractivity contribution is 7.89. The molecule has 0 saturated carbocycles. The van der Waals surface area contributed by atoms with Crippen LogP contribution in [0, 0.1) is 0 Å². The van der Waals surface area contributed by atoms with Crippen LogP contribution in [0.25, 0.3) is 0 Å². The Labute approximate surface area is 78.6 Å². The largest absolute Gasteiger partial charge is 0.320 e. The van der Waals surface area contributed by atoms with Crippen LogP contribution in [-0.4, -0.2) is 8.42 Å². The first-order valence-corrected chi connectivity index (χ1v) is 5.81. The number of hydrogen-bond acceptors (Lipinski definition) is 3. The zero-order chi connectivity index (χ0) is 10.2. The third kappa shape index (κ3) is 7.93. The molecule has 0 unspecified atom stereocenters. The maximum absolute atomic E-state index is 11.3. The zero-order valence-corrected chi connectivity index (χ0v) is 8.52. The Bertz CT molecular complexity index is 234. The second-order valence-electron chi connectivity index (χ2n) is 2.78. The van der Waals surface area contributed by atoms with E-state index in [1.165, 1.54) is 6.08 Å². The minimum atomic E-state index is -4.06. The van der Waals surface area contributed by atoms with Crippen molar-refractivity contribution in [3.63, 3.8) is 0 Å². The molecule has 0 rings (SSSR count). The summed E-state index contributed by atoms with van der Waals surface area (Å²) in [4.78, 5) is 0. The summed E-state index contributed by atoms with van der Waals surface area (Å²) in [6.45, 7) is 2.09. The van der Waals surface area contributed by atoms with Crippen LogP contribution in [0.3, 0.4) is 0 Å². The lowest BCUT2D eigenvalue weighted by Gasteiger charge is -1.93. The lowest BCUT2D eigenvalue weighted by Crippen LogP contribution is -1.92. The summed E-state index contributed by atoms with van der Waals surface area (Å²) in [5, 5.41) is 0.749. The van der Waals surface area contributed by atoms with Gasteiger partial charge in [0.1, 0.15) is 0 Å². The third-order valence-electron chi connectivity index (χ3n) is 1.58. The van der Waals surface area contributed by atoms with Crippen molar-refractivity contribution in [3.05, 3.63) is 11.5 Å². The highest BCUT2D eigenvalue weighted by atomic mass is 32.2. The van der Waals surface area contributed by atoms with Crippen molar-refractivity contribution in [1.29, 1.82) is 0 Å². The third-order valence-corrected chi connectivity index (χ3v) is 2.28. The van der Waals surface area contributed by atoms with Gasteiger partial charge in [0.25, 0.3) is 0 Å². The van der Waals surface area contributed by atoms with Crippen LogP contribution in [0.4, 0.5) is 4.53 Å². The summed E-state index contributed by atoms with van der Waals surface area (Å²) in [7, 11) is -4.06. The van der Waals surface area contributed by atoms with E-state index in [1.54, 1.807) is 0 Å². The lowest BCUT2D eigenvalue weighted by molar-refractivity contribution is 0.00522. The predicted molar refractivity (Wildman–Crippen MR) is 49.0 cm³/mol. The maximum Gasteiger partial charge on any atom is 0.320 e. The van der Waals surface area contributed by atoms with Crippen LogP contribution in [0.1, 0.15) is 39.0 Å². The molecule has 0 spiro atoms. The summed E-state index contributed by atoms with van der Waals surface area (Å²) in [5.74, 6) is 0. The van der Waals surface area contributed by atoms with Gasteiger partial charge in [-0.05, 0) is 17.4 Å². The molecule has 0 aliphatic heterocycles. The molecule has 5 heteroatoms. The lowest BCUT2D eigenvalue weighted by atomic mass is 10.2. The van der Waals surface area contributed by atoms with Gasteiger partial charge < -0.3 is 0 Å². The zero-order valence-electron chi connectivity index (χ0n) is 7.70. The summed E-state index contributed by atoms with van der Waals surface area (Å²) in [6, 6.07) is 0. The molecule has 0 atom stereocenters. The Balaban J connectivity index is 3.53. The van der Waals surface area contributed by atoms with Crippen LogP contribution < -0.4 is 0 Å². The first-order chi connectivity index (χ1) is 6.12. The molecule has 0 aliphatic carbocycles. The van der Waals surface area contributed by atoms with E-state index in [9.17, 15) is 12.9 Å². The summed E-state index contributed by atoms with van der Waals surface area (Å²) >= 11 is 0. The average molecular weight is 210 g/mol. The van der Waals surface area contributed by atoms with Crippen molar-refractivity contribution < 1.29 is 17.3 Å². The molecule has 3 nitrogen and oxygen atoms in total. The van der Waals surface area contributed by atoms with E-state index in [0.717, 1.165) is 31.1 Å². The van der Waals surface area contributed by atoms with Gasteiger partial charge in [-0.15, -0.1) is 0 Å². The van der Waals surface area contributed by atoms with Gasteiger partial charge in [0.2, 0.25) is 0 Å². The number of allylic oxidation sites excluding steroid dienone is 1. The molecule has 0 radical (unpaired) electrons. The van der Waals surface area contributed by atoms with Crippen LogP contribution in [-0.2, 0) is 14.5 Å². The Morgan fingerprint density at radius 1 is 1.31 bits per heavy atom. The van der Waals surface area contributed by atoms with Crippen LogP contribution in [0.2, 0.25) is 0 Å². The van der Waals surface area contributed by atoms with Crippen LogP contribution >= 0.6 is 0 Å². The van der Waals surface area contributed by atoms with Gasteiger partial charge >= 0.3 is 10.1 Å². The molecule has 0 saturated heterocycles. The van der Waals surface area contributed by atoms with Gasteiger partial charge in [-0.1, -0.05) is 36.6 Å². The minimum Gasteiger partial charge on any atom is -0.192 e. The fraction of sp³-hybridized carbons (Fsp3) is 0.750. The molecular formula is C8H15FO3S. The molecule has 0 amide bonds. The fourth-order valence-electron chi connectivity index (χ4n) is 0.896. The van der Waals surface area contributed by atoms with Crippen LogP contribution in [0.5, 0.6) is 0 Å². The molecular weight excluding hydrogens is 195 g/mol. The molecule has 0 aromatic rings. The van der Waals surface area contributed by atoms with Gasteiger partial charge in [0.05, 0.1) is 5.41 Å². The monoisotopic (exact) mass is 210 g/mol. The number of halogens is 1. The first-order valence-electron chi connectivity index (χ1n) is 4.34. The predicted octanol–water partition coefficient (Wildman–Crippen LogP) is 2.70. The van der Waals surface area contributed by atoms with E-state index in [0.29, 0.717) is 6.42 Å². The Hall–Kier alpha value is -0.420. The van der Waals surface area contributed by atoms with E-state index < -0.39 is 10.1 Å². The van der Waals surface area contributed by atoms with Gasteiger partial charge in [-0.3, -0.25) is 0 Å². The maximum atomic E-state index is 11.3. The van der Waals surface area contributed by atoms with E-state index >= 15 is 0 Å². The molecule has 0 aromatic carbocycles. The highest BCUT2D eigenvalue weighted by Gasteiger charge is 2.03. The topological polar surface area (TPSA) is 43.4 Å². The molecule has 0 aromatic heterocycles. The molecule has 0 N–H and O–H groups in total. The summed E-state index contributed by atoms with van der Waals surface area (Å²) < 4.78 is 34.8. The smallest absolute Gasteiger partial charge is 0.192 e. The SMILES string of the molecule is CCCCCCC=CS(=O)(=O)OF. The number of hydrogen-bond donors (Lipinski definition) is 0. The second kappa shape index (κ2) is 7.03. The van der Waals surface area contributed by atoms with Crippen molar-refractivity contribution in [2.24, 2.45) is 0 Å². The highest BCUT2D eigenvalue weighted by Crippen LogP contribution is 2.04. The van der Waals surface area contributed by atoms with Gasteiger partial charge in [-0.2, -0.15) is 8.42 Å². The Kier molecular flexibility index (Phi) is 6.80. The normalized spacial score (nSPS) is 12.5. The van der Waals surface area contributed by atoms with Gasteiger partial charge in [0.15, 0.2) is 0 Å². The van der Waals surface area contributed by atoms with Crippen molar-refractivity contribution in [1.82, 2.24) is 0 Å². The standard InChI is InChI=1S/C8H15FO3S/c1-2-3-4-5-6-7-8-13(10,11)12-9/h7-8H,2-6H2,1H3. The van der Waals surface area contributed by atoms with E-state index in [-0.39, 0.29) is 0 Å². The van der Waals surface area contributed by atoms with Gasteiger partial charge in [-0.25, -0.2) is 0 Å². The molecule has 13 heavy (non-hydrogen) atoms. The Morgan fingerprint density at radius 3 is 2.54 bits per heavy atom. The fourth-order valence-corrected chi connectivity index (χ4v) is 1.31. The average Bonchev–Trinajstić information content (AvgIpc) is 2.11. The van der Waals surface area contributed by atoms with E-state index in [1.807, 2.05) is 0 Å². The minimum absolute atomic E-state index is 0.641. The van der Waals surface area contributed by atoms with Crippen LogP contribution in [0.15, 0.2) is 11.5 Å². The first kappa shape index (κ1) is 12.6. The summed E-state index contributed by atoms with van der Waals surface area (Å²) in [6.07, 6.45) is 6.31. The van der Waals surface area contributed by atoms with Crippen molar-refractivity contribution in [2.75, 3.05) is 0 Å². The molecule has 0 heterocycles. The number of rotatable bonds is 7. The van der Waals surface area contributed by atoms with E-state index in [2.05, 4.69) is 11.3 Å². The quantitative estimate of drug-likeness (QED) is 0.607. The molecule has 0 aliphatic rings. The molecule has 78 valence electrons.